The first kappa shape index (κ1) is 17.7. The highest BCUT2D eigenvalue weighted by Crippen LogP contribution is 2.21. The number of carbonyl (C=O) groups is 2. The van der Waals surface area contributed by atoms with Gasteiger partial charge in [0.05, 0.1) is 17.2 Å². The Morgan fingerprint density at radius 3 is 2.58 bits per heavy atom. The second-order valence-electron chi connectivity index (χ2n) is 5.87. The first-order valence-electron chi connectivity index (χ1n) is 7.85. The zero-order valence-corrected chi connectivity index (χ0v) is 13.9. The molecule has 1 heterocycles. The molecule has 1 amide bonds. The Kier molecular flexibility index (Phi) is 5.33. The summed E-state index contributed by atoms with van der Waals surface area (Å²) in [5, 5.41) is 11.8. The second kappa shape index (κ2) is 7.25. The Morgan fingerprint density at radius 1 is 1.29 bits per heavy atom. The first-order valence-corrected chi connectivity index (χ1v) is 7.85. The van der Waals surface area contributed by atoms with Crippen LogP contribution in [0, 0.1) is 5.92 Å². The molecule has 1 aromatic heterocycles. The van der Waals surface area contributed by atoms with Gasteiger partial charge in [-0.3, -0.25) is 19.0 Å². The molecule has 0 bridgehead atoms. The predicted molar refractivity (Wildman–Crippen MR) is 89.7 cm³/mol. The van der Waals surface area contributed by atoms with E-state index in [0.29, 0.717) is 17.3 Å². The Hall–Kier alpha value is -2.70. The van der Waals surface area contributed by atoms with Crippen molar-refractivity contribution in [3.8, 4) is 0 Å². The van der Waals surface area contributed by atoms with E-state index >= 15 is 0 Å². The van der Waals surface area contributed by atoms with E-state index in [1.54, 1.807) is 24.3 Å². The first-order chi connectivity index (χ1) is 11.4. The zero-order valence-electron chi connectivity index (χ0n) is 13.9. The molecule has 2 N–H and O–H groups in total. The Labute approximate surface area is 139 Å². The van der Waals surface area contributed by atoms with Crippen LogP contribution in [0.25, 0.3) is 10.9 Å². The monoisotopic (exact) mass is 331 g/mol. The average molecular weight is 331 g/mol. The summed E-state index contributed by atoms with van der Waals surface area (Å²) in [6.07, 6.45) is 2.01. The summed E-state index contributed by atoms with van der Waals surface area (Å²) in [6.45, 7) is 5.14. The summed E-state index contributed by atoms with van der Waals surface area (Å²) in [6, 6.07) is 5.06. The van der Waals surface area contributed by atoms with Gasteiger partial charge in [0.1, 0.15) is 12.1 Å². The lowest BCUT2D eigenvalue weighted by molar-refractivity contribution is -0.142. The van der Waals surface area contributed by atoms with E-state index in [-0.39, 0.29) is 11.5 Å². The number of carboxylic acid groups (broad SMARTS) is 1. The van der Waals surface area contributed by atoms with Gasteiger partial charge in [-0.05, 0) is 25.0 Å². The highest BCUT2D eigenvalue weighted by Gasteiger charge is 2.29. The number of carboxylic acids is 1. The topological polar surface area (TPSA) is 101 Å². The zero-order chi connectivity index (χ0) is 17.9. The molecule has 0 aliphatic rings. The van der Waals surface area contributed by atoms with Crippen molar-refractivity contribution in [1.29, 1.82) is 0 Å². The Bertz CT molecular complexity index is 815. The second-order valence-corrected chi connectivity index (χ2v) is 5.87. The van der Waals surface area contributed by atoms with Crippen molar-refractivity contribution in [3.05, 3.63) is 40.9 Å². The fourth-order valence-electron chi connectivity index (χ4n) is 2.52. The van der Waals surface area contributed by atoms with E-state index in [2.05, 4.69) is 10.3 Å². The van der Waals surface area contributed by atoms with Gasteiger partial charge < -0.3 is 10.4 Å². The molecule has 1 aromatic carbocycles. The van der Waals surface area contributed by atoms with E-state index in [9.17, 15) is 14.4 Å². The summed E-state index contributed by atoms with van der Waals surface area (Å²) in [5.41, 5.74) is 0.241. The van der Waals surface area contributed by atoms with Gasteiger partial charge in [-0.1, -0.05) is 32.4 Å². The van der Waals surface area contributed by atoms with Crippen molar-refractivity contribution >= 4 is 22.8 Å². The molecule has 0 fully saturated rings. The van der Waals surface area contributed by atoms with Crippen molar-refractivity contribution in [3.63, 3.8) is 0 Å². The third-order valence-corrected chi connectivity index (χ3v) is 4.17. The van der Waals surface area contributed by atoms with E-state index in [0.717, 1.165) is 0 Å². The summed E-state index contributed by atoms with van der Waals surface area (Å²) in [5.74, 6) is -1.79. The lowest BCUT2D eigenvalue weighted by Crippen LogP contribution is -2.46. The van der Waals surface area contributed by atoms with Gasteiger partial charge in [0, 0.05) is 0 Å². The van der Waals surface area contributed by atoms with E-state index in [4.69, 9.17) is 5.11 Å². The fourth-order valence-corrected chi connectivity index (χ4v) is 2.52. The van der Waals surface area contributed by atoms with E-state index < -0.39 is 24.0 Å². The SMILES string of the molecule is CCC(C)C(C(=O)NC(C)C(=O)O)n1cnc2ccccc2c1=O. The van der Waals surface area contributed by atoms with Crippen LogP contribution in [0.2, 0.25) is 0 Å². The molecule has 7 nitrogen and oxygen atoms in total. The van der Waals surface area contributed by atoms with Gasteiger partial charge in [-0.15, -0.1) is 0 Å². The lowest BCUT2D eigenvalue weighted by atomic mass is 9.97. The van der Waals surface area contributed by atoms with E-state index in [1.165, 1.54) is 17.8 Å². The number of benzene rings is 1. The molecule has 128 valence electrons. The van der Waals surface area contributed by atoms with Crippen LogP contribution in [0.4, 0.5) is 0 Å². The van der Waals surface area contributed by atoms with Crippen LogP contribution in [-0.4, -0.2) is 32.6 Å². The molecule has 0 aliphatic heterocycles. The lowest BCUT2D eigenvalue weighted by Gasteiger charge is -2.25. The highest BCUT2D eigenvalue weighted by atomic mass is 16.4. The molecule has 2 aromatic rings. The maximum absolute atomic E-state index is 12.7. The highest BCUT2D eigenvalue weighted by molar-refractivity contribution is 5.86. The molecule has 0 saturated carbocycles. The molecule has 0 saturated heterocycles. The molecule has 0 aliphatic carbocycles. The maximum atomic E-state index is 12.7. The van der Waals surface area contributed by atoms with E-state index in [1.807, 2.05) is 13.8 Å². The number of carbonyl (C=O) groups excluding carboxylic acids is 1. The fraction of sp³-hybridized carbons (Fsp3) is 0.412. The number of fused-ring (bicyclic) bond motifs is 1. The molecular formula is C17H21N3O4. The number of hydrogen-bond acceptors (Lipinski definition) is 4. The third kappa shape index (κ3) is 3.45. The maximum Gasteiger partial charge on any atom is 0.325 e. The number of hydrogen-bond donors (Lipinski definition) is 2. The summed E-state index contributed by atoms with van der Waals surface area (Å²) in [7, 11) is 0. The molecule has 0 radical (unpaired) electrons. The third-order valence-electron chi connectivity index (χ3n) is 4.17. The van der Waals surface area contributed by atoms with Crippen LogP contribution in [-0.2, 0) is 9.59 Å². The van der Waals surface area contributed by atoms with Gasteiger partial charge in [-0.2, -0.15) is 0 Å². The van der Waals surface area contributed by atoms with Crippen LogP contribution < -0.4 is 10.9 Å². The van der Waals surface area contributed by atoms with Crippen LogP contribution in [0.15, 0.2) is 35.4 Å². The normalized spacial score (nSPS) is 14.8. The number of aliphatic carboxylic acids is 1. The standard InChI is InChI=1S/C17H21N3O4/c1-4-10(2)14(15(21)19-11(3)17(23)24)20-9-18-13-8-6-5-7-12(13)16(20)22/h5-11,14H,4H2,1-3H3,(H,19,21)(H,23,24). The molecular weight excluding hydrogens is 310 g/mol. The van der Waals surface area contributed by atoms with Crippen molar-refractivity contribution in [2.24, 2.45) is 5.92 Å². The van der Waals surface area contributed by atoms with Crippen LogP contribution >= 0.6 is 0 Å². The minimum absolute atomic E-state index is 0.161. The van der Waals surface area contributed by atoms with Gasteiger partial charge in [-0.25, -0.2) is 4.98 Å². The molecule has 7 heteroatoms. The molecule has 3 atom stereocenters. The van der Waals surface area contributed by atoms with Crippen LogP contribution in [0.1, 0.15) is 33.2 Å². The van der Waals surface area contributed by atoms with Crippen molar-refractivity contribution in [1.82, 2.24) is 14.9 Å². The van der Waals surface area contributed by atoms with Gasteiger partial charge >= 0.3 is 5.97 Å². The van der Waals surface area contributed by atoms with Gasteiger partial charge in [0.2, 0.25) is 5.91 Å². The number of nitrogens with zero attached hydrogens (tertiary/aromatic N) is 2. The quantitative estimate of drug-likeness (QED) is 0.837. The minimum atomic E-state index is -1.13. The predicted octanol–water partition coefficient (Wildman–Crippen LogP) is 1.57. The van der Waals surface area contributed by atoms with Crippen molar-refractivity contribution in [2.45, 2.75) is 39.3 Å². The molecule has 24 heavy (non-hydrogen) atoms. The van der Waals surface area contributed by atoms with Crippen molar-refractivity contribution < 1.29 is 14.7 Å². The number of amides is 1. The largest absolute Gasteiger partial charge is 0.480 e. The number of para-hydroxylation sites is 1. The molecule has 3 unspecified atom stereocenters. The number of rotatable bonds is 6. The smallest absolute Gasteiger partial charge is 0.325 e. The Balaban J connectivity index is 2.49. The van der Waals surface area contributed by atoms with Crippen LogP contribution in [0.5, 0.6) is 0 Å². The molecule has 0 spiro atoms. The van der Waals surface area contributed by atoms with Gasteiger partial charge in [0.15, 0.2) is 0 Å². The summed E-state index contributed by atoms with van der Waals surface area (Å²) < 4.78 is 1.29. The van der Waals surface area contributed by atoms with Gasteiger partial charge in [0.25, 0.3) is 5.56 Å². The summed E-state index contributed by atoms with van der Waals surface area (Å²) in [4.78, 5) is 40.5. The Morgan fingerprint density at radius 2 is 1.96 bits per heavy atom. The number of nitrogens with one attached hydrogen (secondary N) is 1. The van der Waals surface area contributed by atoms with Crippen molar-refractivity contribution in [2.75, 3.05) is 0 Å². The number of aromatic nitrogens is 2. The summed E-state index contributed by atoms with van der Waals surface area (Å²) >= 11 is 0. The molecule has 2 rings (SSSR count). The van der Waals surface area contributed by atoms with Crippen LogP contribution in [0.3, 0.4) is 0 Å². The average Bonchev–Trinajstić information content (AvgIpc) is 2.57. The minimum Gasteiger partial charge on any atom is -0.480 e.